The first-order valence-electron chi connectivity index (χ1n) is 8.17. The molecule has 1 aliphatic rings. The van der Waals surface area contributed by atoms with Crippen molar-refractivity contribution in [3.8, 4) is 0 Å². The monoisotopic (exact) mass is 295 g/mol. The average Bonchev–Trinajstić information content (AvgIpc) is 2.88. The minimum atomic E-state index is 0.200. The number of benzene rings is 2. The van der Waals surface area contributed by atoms with E-state index in [4.69, 9.17) is 0 Å². The van der Waals surface area contributed by atoms with Crippen molar-refractivity contribution in [2.75, 3.05) is 6.54 Å². The standard InChI is InChI=1S/C18H19NO.C2H6/c1-14-7-5-11-16-13-19(18(20)17(14)16)12-6-10-15-8-3-2-4-9-15;1-2/h2-5,7-9,11H,6,10,12-13H2,1H3;1-2H3. The highest BCUT2D eigenvalue weighted by atomic mass is 16.2. The van der Waals surface area contributed by atoms with Gasteiger partial charge >= 0.3 is 0 Å². The van der Waals surface area contributed by atoms with Crippen LogP contribution < -0.4 is 0 Å². The fourth-order valence-corrected chi connectivity index (χ4v) is 2.90. The molecule has 2 heteroatoms. The highest BCUT2D eigenvalue weighted by molar-refractivity contribution is 5.99. The Balaban J connectivity index is 0.000000847. The molecule has 0 N–H and O–H groups in total. The fourth-order valence-electron chi connectivity index (χ4n) is 2.90. The van der Waals surface area contributed by atoms with Crippen LogP contribution in [0.15, 0.2) is 48.5 Å². The van der Waals surface area contributed by atoms with Crippen molar-refractivity contribution >= 4 is 5.91 Å². The summed E-state index contributed by atoms with van der Waals surface area (Å²) in [7, 11) is 0. The summed E-state index contributed by atoms with van der Waals surface area (Å²) in [6, 6.07) is 16.6. The second-order valence-corrected chi connectivity index (χ2v) is 5.42. The summed E-state index contributed by atoms with van der Waals surface area (Å²) in [5, 5.41) is 0. The van der Waals surface area contributed by atoms with Crippen molar-refractivity contribution < 1.29 is 4.79 Å². The number of rotatable bonds is 4. The molecule has 0 radical (unpaired) electrons. The second kappa shape index (κ2) is 7.79. The van der Waals surface area contributed by atoms with Gasteiger partial charge in [-0.15, -0.1) is 0 Å². The summed E-state index contributed by atoms with van der Waals surface area (Å²) in [5.41, 5.74) is 4.54. The topological polar surface area (TPSA) is 20.3 Å². The molecule has 0 aliphatic carbocycles. The van der Waals surface area contributed by atoms with Crippen molar-refractivity contribution in [2.24, 2.45) is 0 Å². The lowest BCUT2D eigenvalue weighted by Crippen LogP contribution is -2.25. The molecule has 1 amide bonds. The van der Waals surface area contributed by atoms with Crippen LogP contribution in [0.3, 0.4) is 0 Å². The van der Waals surface area contributed by atoms with E-state index in [1.165, 1.54) is 11.1 Å². The number of hydrogen-bond donors (Lipinski definition) is 0. The normalized spacial score (nSPS) is 12.7. The molecule has 0 aromatic heterocycles. The van der Waals surface area contributed by atoms with Crippen molar-refractivity contribution in [3.05, 3.63) is 70.8 Å². The quantitative estimate of drug-likeness (QED) is 0.806. The molecule has 2 nitrogen and oxygen atoms in total. The molecular weight excluding hydrogens is 270 g/mol. The van der Waals surface area contributed by atoms with Crippen LogP contribution in [0.1, 0.15) is 47.3 Å². The van der Waals surface area contributed by atoms with Crippen molar-refractivity contribution in [2.45, 2.75) is 40.2 Å². The van der Waals surface area contributed by atoms with Gasteiger partial charge in [-0.25, -0.2) is 0 Å². The van der Waals surface area contributed by atoms with Crippen LogP contribution in [-0.4, -0.2) is 17.4 Å². The van der Waals surface area contributed by atoms with Crippen LogP contribution in [0.4, 0.5) is 0 Å². The van der Waals surface area contributed by atoms with Gasteiger partial charge in [0.1, 0.15) is 0 Å². The minimum absolute atomic E-state index is 0.200. The summed E-state index contributed by atoms with van der Waals surface area (Å²) in [6.45, 7) is 7.62. The van der Waals surface area contributed by atoms with Crippen LogP contribution in [0.25, 0.3) is 0 Å². The molecule has 2 aromatic rings. The van der Waals surface area contributed by atoms with Crippen LogP contribution in [-0.2, 0) is 13.0 Å². The molecule has 22 heavy (non-hydrogen) atoms. The Hall–Kier alpha value is -2.09. The predicted octanol–water partition coefficient (Wildman–Crippen LogP) is 4.61. The summed E-state index contributed by atoms with van der Waals surface area (Å²) >= 11 is 0. The van der Waals surface area contributed by atoms with E-state index in [2.05, 4.69) is 30.3 Å². The minimum Gasteiger partial charge on any atom is -0.334 e. The molecular formula is C20H25NO. The van der Waals surface area contributed by atoms with E-state index in [1.54, 1.807) is 0 Å². The maximum absolute atomic E-state index is 12.4. The van der Waals surface area contributed by atoms with Gasteiger partial charge in [-0.3, -0.25) is 4.79 Å². The third kappa shape index (κ3) is 3.56. The lowest BCUT2D eigenvalue weighted by Gasteiger charge is -2.15. The van der Waals surface area contributed by atoms with Gasteiger partial charge in [0.15, 0.2) is 0 Å². The molecule has 0 unspecified atom stereocenters. The average molecular weight is 295 g/mol. The van der Waals surface area contributed by atoms with E-state index < -0.39 is 0 Å². The maximum atomic E-state index is 12.4. The third-order valence-electron chi connectivity index (χ3n) is 3.96. The van der Waals surface area contributed by atoms with Crippen LogP contribution in [0, 0.1) is 6.92 Å². The number of amides is 1. The Bertz CT molecular complexity index is 619. The van der Waals surface area contributed by atoms with Gasteiger partial charge in [0.05, 0.1) is 0 Å². The van der Waals surface area contributed by atoms with E-state index in [0.29, 0.717) is 0 Å². The first-order chi connectivity index (χ1) is 10.8. The summed E-state index contributed by atoms with van der Waals surface area (Å²) in [6.07, 6.45) is 2.04. The summed E-state index contributed by atoms with van der Waals surface area (Å²) in [5.74, 6) is 0.200. The number of hydrogen-bond acceptors (Lipinski definition) is 1. The molecule has 1 heterocycles. The Labute approximate surface area is 133 Å². The van der Waals surface area contributed by atoms with E-state index in [-0.39, 0.29) is 5.91 Å². The number of aryl methyl sites for hydroxylation is 2. The SMILES string of the molecule is CC.Cc1cccc2c1C(=O)N(CCCc1ccccc1)C2. The van der Waals surface area contributed by atoms with Crippen LogP contribution in [0.2, 0.25) is 0 Å². The molecule has 0 saturated carbocycles. The van der Waals surface area contributed by atoms with Crippen LogP contribution >= 0.6 is 0 Å². The lowest BCUT2D eigenvalue weighted by molar-refractivity contribution is 0.0776. The van der Waals surface area contributed by atoms with E-state index >= 15 is 0 Å². The van der Waals surface area contributed by atoms with Crippen molar-refractivity contribution in [3.63, 3.8) is 0 Å². The Morgan fingerprint density at radius 2 is 1.73 bits per heavy atom. The van der Waals surface area contributed by atoms with Crippen molar-refractivity contribution in [1.29, 1.82) is 0 Å². The van der Waals surface area contributed by atoms with Gasteiger partial charge in [-0.1, -0.05) is 62.4 Å². The number of carbonyl (C=O) groups excluding carboxylic acids is 1. The van der Waals surface area contributed by atoms with Gasteiger partial charge in [0.25, 0.3) is 5.91 Å². The Morgan fingerprint density at radius 3 is 2.41 bits per heavy atom. The molecule has 1 aliphatic heterocycles. The molecule has 0 fully saturated rings. The molecule has 0 bridgehead atoms. The smallest absolute Gasteiger partial charge is 0.254 e. The fraction of sp³-hybridized carbons (Fsp3) is 0.350. The first-order valence-corrected chi connectivity index (χ1v) is 8.17. The number of nitrogens with zero attached hydrogens (tertiary/aromatic N) is 1. The lowest BCUT2D eigenvalue weighted by atomic mass is 10.0. The Kier molecular flexibility index (Phi) is 5.76. The number of fused-ring (bicyclic) bond motifs is 1. The molecule has 2 aromatic carbocycles. The van der Waals surface area contributed by atoms with Gasteiger partial charge < -0.3 is 4.90 Å². The summed E-state index contributed by atoms with van der Waals surface area (Å²) < 4.78 is 0. The largest absolute Gasteiger partial charge is 0.334 e. The van der Waals surface area contributed by atoms with E-state index in [1.807, 2.05) is 43.9 Å². The highest BCUT2D eigenvalue weighted by Gasteiger charge is 2.27. The molecule has 116 valence electrons. The Morgan fingerprint density at radius 1 is 1.00 bits per heavy atom. The first kappa shape index (κ1) is 16.3. The second-order valence-electron chi connectivity index (χ2n) is 5.42. The van der Waals surface area contributed by atoms with E-state index in [9.17, 15) is 4.79 Å². The van der Waals surface area contributed by atoms with Crippen LogP contribution in [0.5, 0.6) is 0 Å². The maximum Gasteiger partial charge on any atom is 0.254 e. The predicted molar refractivity (Wildman–Crippen MR) is 92.0 cm³/mol. The van der Waals surface area contributed by atoms with Gasteiger partial charge in [-0.05, 0) is 36.5 Å². The van der Waals surface area contributed by atoms with Gasteiger partial charge in [0, 0.05) is 18.7 Å². The van der Waals surface area contributed by atoms with Gasteiger partial charge in [-0.2, -0.15) is 0 Å². The number of carbonyl (C=O) groups is 1. The third-order valence-corrected chi connectivity index (χ3v) is 3.96. The van der Waals surface area contributed by atoms with Crippen molar-refractivity contribution in [1.82, 2.24) is 4.90 Å². The zero-order valence-corrected chi connectivity index (χ0v) is 13.8. The molecule has 0 atom stereocenters. The van der Waals surface area contributed by atoms with Gasteiger partial charge in [0.2, 0.25) is 0 Å². The van der Waals surface area contributed by atoms with E-state index in [0.717, 1.165) is 37.1 Å². The molecule has 0 saturated heterocycles. The summed E-state index contributed by atoms with van der Waals surface area (Å²) in [4.78, 5) is 14.4. The zero-order valence-electron chi connectivity index (χ0n) is 13.8. The molecule has 3 rings (SSSR count). The molecule has 0 spiro atoms. The highest BCUT2D eigenvalue weighted by Crippen LogP contribution is 2.25. The zero-order chi connectivity index (χ0) is 15.9.